The van der Waals surface area contributed by atoms with Crippen molar-refractivity contribution in [3.05, 3.63) is 71.0 Å². The molecule has 1 aliphatic heterocycles. The third kappa shape index (κ3) is 3.94. The van der Waals surface area contributed by atoms with Crippen LogP contribution in [0.5, 0.6) is 0 Å². The van der Waals surface area contributed by atoms with E-state index in [2.05, 4.69) is 15.5 Å². The first kappa shape index (κ1) is 21.5. The first-order valence-electron chi connectivity index (χ1n) is 9.87. The Hall–Kier alpha value is -3.72. The van der Waals surface area contributed by atoms with Crippen LogP contribution in [0.4, 0.5) is 4.79 Å². The number of imide groups is 1. The van der Waals surface area contributed by atoms with Gasteiger partial charge in [-0.15, -0.1) is 0 Å². The summed E-state index contributed by atoms with van der Waals surface area (Å²) in [5.41, 5.74) is -0.0121. The number of ether oxygens (including phenoxy) is 1. The first-order chi connectivity index (χ1) is 15.4. The van der Waals surface area contributed by atoms with Crippen LogP contribution in [0.3, 0.4) is 0 Å². The van der Waals surface area contributed by atoms with Gasteiger partial charge in [0.15, 0.2) is 6.61 Å². The number of nitrogens with one attached hydrogen (secondary N) is 1. The average Bonchev–Trinajstić information content (AvgIpc) is 3.37. The van der Waals surface area contributed by atoms with Crippen molar-refractivity contribution in [2.75, 3.05) is 6.54 Å². The van der Waals surface area contributed by atoms with Crippen molar-refractivity contribution in [1.29, 1.82) is 0 Å². The molecule has 2 heterocycles. The highest BCUT2D eigenvalue weighted by Gasteiger charge is 2.51. The zero-order chi connectivity index (χ0) is 22.7. The Kier molecular flexibility index (Phi) is 5.91. The lowest BCUT2D eigenvalue weighted by Gasteiger charge is -2.25. The minimum atomic E-state index is -1.21. The number of carbonyl (C=O) groups excluding carboxylic acids is 3. The van der Waals surface area contributed by atoms with Gasteiger partial charge in [0.25, 0.3) is 11.8 Å². The van der Waals surface area contributed by atoms with E-state index in [9.17, 15) is 14.4 Å². The number of hydrogen-bond donors (Lipinski definition) is 1. The molecule has 164 valence electrons. The van der Waals surface area contributed by atoms with Gasteiger partial charge in [0.2, 0.25) is 5.82 Å². The standard InChI is InChI=1S/C22H19ClN4O5/c1-2-22(14-8-4-3-5-9-14)20(29)27(21(30)25-22)12-18(28)31-13-17-24-19(32-26-17)15-10-6-7-11-16(15)23/h3-11H,2,12-13H2,1H3,(H,25,30). The molecule has 0 radical (unpaired) electrons. The molecule has 1 aliphatic rings. The molecule has 3 amide bonds. The van der Waals surface area contributed by atoms with Crippen LogP contribution in [0, 0.1) is 0 Å². The van der Waals surface area contributed by atoms with Gasteiger partial charge < -0.3 is 14.6 Å². The van der Waals surface area contributed by atoms with Gasteiger partial charge in [-0.05, 0) is 24.1 Å². The van der Waals surface area contributed by atoms with E-state index in [1.54, 1.807) is 55.5 Å². The Morgan fingerprint density at radius 3 is 2.59 bits per heavy atom. The number of aromatic nitrogens is 2. The van der Waals surface area contributed by atoms with Crippen LogP contribution >= 0.6 is 11.6 Å². The Labute approximate surface area is 188 Å². The van der Waals surface area contributed by atoms with E-state index in [1.165, 1.54) is 0 Å². The zero-order valence-corrected chi connectivity index (χ0v) is 17.8. The monoisotopic (exact) mass is 454 g/mol. The maximum absolute atomic E-state index is 13.1. The quantitative estimate of drug-likeness (QED) is 0.430. The molecule has 1 saturated heterocycles. The van der Waals surface area contributed by atoms with Crippen molar-refractivity contribution in [3.8, 4) is 11.5 Å². The molecule has 3 aromatic rings. The van der Waals surface area contributed by atoms with Gasteiger partial charge >= 0.3 is 12.0 Å². The second-order valence-electron chi connectivity index (χ2n) is 7.10. The Balaban J connectivity index is 1.40. The normalized spacial score (nSPS) is 18.0. The van der Waals surface area contributed by atoms with E-state index < -0.39 is 30.0 Å². The number of carbonyl (C=O) groups is 3. The number of halogens is 1. The highest BCUT2D eigenvalue weighted by atomic mass is 35.5. The van der Waals surface area contributed by atoms with Crippen LogP contribution in [0.25, 0.3) is 11.5 Å². The van der Waals surface area contributed by atoms with Gasteiger partial charge in [-0.3, -0.25) is 14.5 Å². The maximum atomic E-state index is 13.1. The van der Waals surface area contributed by atoms with E-state index in [0.717, 1.165) is 4.90 Å². The van der Waals surface area contributed by atoms with Crippen molar-refractivity contribution in [3.63, 3.8) is 0 Å². The van der Waals surface area contributed by atoms with Gasteiger partial charge in [0, 0.05) is 0 Å². The lowest BCUT2D eigenvalue weighted by Crippen LogP contribution is -2.43. The summed E-state index contributed by atoms with van der Waals surface area (Å²) in [5.74, 6) is -0.977. The van der Waals surface area contributed by atoms with Crippen LogP contribution in [-0.4, -0.2) is 39.5 Å². The summed E-state index contributed by atoms with van der Waals surface area (Å²) in [6.07, 6.45) is 0.334. The van der Waals surface area contributed by atoms with E-state index in [-0.39, 0.29) is 18.3 Å². The molecule has 1 atom stereocenters. The number of urea groups is 1. The fraction of sp³-hybridized carbons (Fsp3) is 0.227. The van der Waals surface area contributed by atoms with Crippen molar-refractivity contribution in [2.24, 2.45) is 0 Å². The lowest BCUT2D eigenvalue weighted by atomic mass is 9.87. The Morgan fingerprint density at radius 2 is 1.88 bits per heavy atom. The molecule has 4 rings (SSSR count). The Morgan fingerprint density at radius 1 is 1.16 bits per heavy atom. The largest absolute Gasteiger partial charge is 0.456 e. The summed E-state index contributed by atoms with van der Waals surface area (Å²) >= 11 is 6.11. The van der Waals surface area contributed by atoms with Crippen LogP contribution in [0.1, 0.15) is 24.7 Å². The second kappa shape index (κ2) is 8.80. The molecule has 32 heavy (non-hydrogen) atoms. The predicted octanol–water partition coefficient (Wildman–Crippen LogP) is 3.29. The second-order valence-corrected chi connectivity index (χ2v) is 7.51. The van der Waals surface area contributed by atoms with Gasteiger partial charge in [0.05, 0.1) is 10.6 Å². The molecular weight excluding hydrogens is 436 g/mol. The fourth-order valence-corrected chi connectivity index (χ4v) is 3.72. The van der Waals surface area contributed by atoms with E-state index in [1.807, 2.05) is 6.07 Å². The van der Waals surface area contributed by atoms with Gasteiger partial charge in [-0.25, -0.2) is 4.79 Å². The number of benzene rings is 2. The first-order valence-corrected chi connectivity index (χ1v) is 10.2. The van der Waals surface area contributed by atoms with Crippen LogP contribution < -0.4 is 5.32 Å². The molecule has 0 saturated carbocycles. The van der Waals surface area contributed by atoms with E-state index >= 15 is 0 Å². The summed E-state index contributed by atoms with van der Waals surface area (Å²) in [5, 5.41) is 6.92. The van der Waals surface area contributed by atoms with Crippen molar-refractivity contribution >= 4 is 29.5 Å². The maximum Gasteiger partial charge on any atom is 0.326 e. The topological polar surface area (TPSA) is 115 Å². The van der Waals surface area contributed by atoms with Crippen LogP contribution in [0.2, 0.25) is 5.02 Å². The molecule has 9 nitrogen and oxygen atoms in total. The molecule has 0 spiro atoms. The highest BCUT2D eigenvalue weighted by Crippen LogP contribution is 2.32. The minimum Gasteiger partial charge on any atom is -0.456 e. The fourth-order valence-electron chi connectivity index (χ4n) is 3.51. The van der Waals surface area contributed by atoms with Crippen molar-refractivity contribution in [1.82, 2.24) is 20.4 Å². The number of hydrogen-bond acceptors (Lipinski definition) is 7. The SMILES string of the molecule is CCC1(c2ccccc2)NC(=O)N(CC(=O)OCc2noc(-c3ccccc3Cl)n2)C1=O. The van der Waals surface area contributed by atoms with Crippen molar-refractivity contribution in [2.45, 2.75) is 25.5 Å². The molecule has 1 fully saturated rings. The minimum absolute atomic E-state index is 0.123. The van der Waals surface area contributed by atoms with Gasteiger partial charge in [0.1, 0.15) is 12.1 Å². The van der Waals surface area contributed by atoms with Crippen LogP contribution in [-0.2, 0) is 26.5 Å². The molecule has 0 aliphatic carbocycles. The predicted molar refractivity (Wildman–Crippen MR) is 113 cm³/mol. The third-order valence-electron chi connectivity index (χ3n) is 5.19. The summed E-state index contributed by atoms with van der Waals surface area (Å²) in [6, 6.07) is 15.2. The molecule has 1 unspecified atom stereocenters. The summed E-state index contributed by atoms with van der Waals surface area (Å²) in [6.45, 7) is 0.975. The smallest absolute Gasteiger partial charge is 0.326 e. The van der Waals surface area contributed by atoms with E-state index in [4.69, 9.17) is 20.9 Å². The number of nitrogens with zero attached hydrogens (tertiary/aromatic N) is 3. The van der Waals surface area contributed by atoms with Gasteiger partial charge in [-0.2, -0.15) is 4.98 Å². The number of esters is 1. The molecular formula is C22H19ClN4O5. The lowest BCUT2D eigenvalue weighted by molar-refractivity contribution is -0.149. The van der Waals surface area contributed by atoms with E-state index in [0.29, 0.717) is 22.6 Å². The highest BCUT2D eigenvalue weighted by molar-refractivity contribution is 6.33. The molecule has 0 bridgehead atoms. The van der Waals surface area contributed by atoms with Crippen LogP contribution in [0.15, 0.2) is 59.1 Å². The summed E-state index contributed by atoms with van der Waals surface area (Å²) in [7, 11) is 0. The third-order valence-corrected chi connectivity index (χ3v) is 5.52. The summed E-state index contributed by atoms with van der Waals surface area (Å²) < 4.78 is 10.3. The summed E-state index contributed by atoms with van der Waals surface area (Å²) in [4.78, 5) is 42.9. The zero-order valence-electron chi connectivity index (χ0n) is 17.1. The number of amides is 3. The Bertz CT molecular complexity index is 1170. The van der Waals surface area contributed by atoms with Gasteiger partial charge in [-0.1, -0.05) is 66.1 Å². The average molecular weight is 455 g/mol. The molecule has 1 aromatic heterocycles. The molecule has 10 heteroatoms. The molecule has 2 aromatic carbocycles. The van der Waals surface area contributed by atoms with Crippen molar-refractivity contribution < 1.29 is 23.6 Å². The number of rotatable bonds is 7. The molecule has 1 N–H and O–H groups in total.